The molecule has 4 amide bonds. The Morgan fingerprint density at radius 2 is 1.69 bits per heavy atom. The van der Waals surface area contributed by atoms with Crippen molar-refractivity contribution in [2.45, 2.75) is 89.1 Å². The number of alkyl carbamates (subject to hydrolysis) is 1. The monoisotopic (exact) mass is 644 g/mol. The number of nitrogens with zero attached hydrogens (tertiary/aromatic N) is 1. The summed E-state index contributed by atoms with van der Waals surface area (Å²) in [4.78, 5) is 73.1. The lowest BCUT2D eigenvalue weighted by Crippen LogP contribution is -2.59. The zero-order valence-electron chi connectivity index (χ0n) is 25.2. The van der Waals surface area contributed by atoms with Gasteiger partial charge in [-0.3, -0.25) is 24.2 Å². The van der Waals surface area contributed by atoms with Crippen molar-refractivity contribution in [3.05, 3.63) is 65.7 Å². The van der Waals surface area contributed by atoms with Crippen LogP contribution in [0, 0.1) is 0 Å². The summed E-state index contributed by atoms with van der Waals surface area (Å²) >= 11 is 0. The van der Waals surface area contributed by atoms with Gasteiger partial charge in [0.15, 0.2) is 0 Å². The smallest absolute Gasteiger partial charge is 0.445 e. The lowest BCUT2D eigenvalue weighted by atomic mass is 9.98. The van der Waals surface area contributed by atoms with E-state index in [1.165, 1.54) is 24.3 Å². The molecular formula is C31H41N4O9P. The molecular weight excluding hydrogens is 603 g/mol. The van der Waals surface area contributed by atoms with Crippen LogP contribution in [0.3, 0.4) is 0 Å². The van der Waals surface area contributed by atoms with Gasteiger partial charge in [0.1, 0.15) is 30.5 Å². The average molecular weight is 645 g/mol. The number of benzene rings is 2. The minimum Gasteiger partial charge on any atom is -0.445 e. The third kappa shape index (κ3) is 10.0. The fourth-order valence-corrected chi connectivity index (χ4v) is 6.13. The topological polar surface area (TPSA) is 184 Å². The molecule has 244 valence electrons. The lowest BCUT2D eigenvalue weighted by Gasteiger charge is -2.35. The Morgan fingerprint density at radius 1 is 0.978 bits per heavy atom. The lowest BCUT2D eigenvalue weighted by molar-refractivity contribution is -0.144. The van der Waals surface area contributed by atoms with Crippen molar-refractivity contribution >= 4 is 31.6 Å². The molecule has 13 nitrogen and oxygen atoms in total. The van der Waals surface area contributed by atoms with Gasteiger partial charge >= 0.3 is 13.9 Å². The van der Waals surface area contributed by atoms with Crippen LogP contribution >= 0.6 is 7.82 Å². The number of phosphoric ester groups is 1. The normalized spacial score (nSPS) is 20.6. The van der Waals surface area contributed by atoms with Gasteiger partial charge in [0.05, 0.1) is 0 Å². The highest BCUT2D eigenvalue weighted by Gasteiger charge is 2.44. The molecule has 0 spiro atoms. The minimum atomic E-state index is -4.75. The molecule has 2 aromatic carbocycles. The van der Waals surface area contributed by atoms with Gasteiger partial charge in [-0.25, -0.2) is 9.36 Å². The highest BCUT2D eigenvalue weighted by Crippen LogP contribution is 2.37. The summed E-state index contributed by atoms with van der Waals surface area (Å²) in [5.41, 5.74) is 1.31. The van der Waals surface area contributed by atoms with Crippen molar-refractivity contribution in [1.82, 2.24) is 20.9 Å². The molecule has 0 aromatic heterocycles. The molecule has 4 rings (SSSR count). The van der Waals surface area contributed by atoms with Gasteiger partial charge in [-0.1, -0.05) is 62.2 Å². The number of fused-ring (bicyclic) bond motifs is 1. The van der Waals surface area contributed by atoms with Crippen LogP contribution in [0.25, 0.3) is 0 Å². The van der Waals surface area contributed by atoms with Gasteiger partial charge in [0, 0.05) is 19.0 Å². The van der Waals surface area contributed by atoms with E-state index >= 15 is 0 Å². The molecule has 2 fully saturated rings. The molecule has 0 saturated carbocycles. The summed E-state index contributed by atoms with van der Waals surface area (Å²) in [6, 6.07) is 12.0. The first-order chi connectivity index (χ1) is 21.5. The van der Waals surface area contributed by atoms with Crippen LogP contribution in [0.15, 0.2) is 54.6 Å². The van der Waals surface area contributed by atoms with Crippen molar-refractivity contribution < 1.29 is 42.8 Å². The Labute approximate surface area is 262 Å². The van der Waals surface area contributed by atoms with Gasteiger partial charge in [0.25, 0.3) is 0 Å². The first kappa shape index (κ1) is 34.0. The molecule has 2 aliphatic heterocycles. The second-order valence-electron chi connectivity index (χ2n) is 11.3. The van der Waals surface area contributed by atoms with Crippen LogP contribution in [0.1, 0.15) is 63.0 Å². The van der Waals surface area contributed by atoms with E-state index in [-0.39, 0.29) is 36.6 Å². The molecule has 2 aliphatic rings. The minimum absolute atomic E-state index is 0.0161. The third-order valence-corrected chi connectivity index (χ3v) is 8.36. The summed E-state index contributed by atoms with van der Waals surface area (Å²) in [7, 11) is -4.75. The third-order valence-electron chi connectivity index (χ3n) is 7.91. The second-order valence-corrected chi connectivity index (χ2v) is 12.5. The molecule has 5 N–H and O–H groups in total. The van der Waals surface area contributed by atoms with E-state index in [1.54, 1.807) is 17.0 Å². The second kappa shape index (κ2) is 15.9. The van der Waals surface area contributed by atoms with E-state index in [4.69, 9.17) is 14.5 Å². The van der Waals surface area contributed by atoms with Crippen LogP contribution in [-0.4, -0.2) is 69.2 Å². The molecule has 0 aliphatic carbocycles. The van der Waals surface area contributed by atoms with Crippen molar-refractivity contribution in [2.75, 3.05) is 6.54 Å². The molecule has 2 aromatic rings. The SMILES string of the molecule is CCCNC(=O)C1CC[C@@H]2CCCCC(NC(=O)[C@H](Cc3ccc(OP(=O)(O)O)cc3)NC(=O)OCc3ccccc3)C(=O)N12. The number of amides is 4. The fourth-order valence-electron chi connectivity index (χ4n) is 5.74. The summed E-state index contributed by atoms with van der Waals surface area (Å²) in [6.07, 6.45) is 3.94. The quantitative estimate of drug-likeness (QED) is 0.217. The molecule has 2 heterocycles. The largest absolute Gasteiger partial charge is 0.524 e. The maximum absolute atomic E-state index is 13.9. The number of ether oxygens (including phenoxy) is 1. The van der Waals surface area contributed by atoms with Crippen LogP contribution in [0.5, 0.6) is 5.75 Å². The van der Waals surface area contributed by atoms with Gasteiger partial charge in [-0.2, -0.15) is 0 Å². The summed E-state index contributed by atoms with van der Waals surface area (Å²) in [5.74, 6) is -1.18. The van der Waals surface area contributed by atoms with Crippen molar-refractivity contribution in [3.63, 3.8) is 0 Å². The Bertz CT molecular complexity index is 1370. The summed E-state index contributed by atoms with van der Waals surface area (Å²) in [5, 5.41) is 8.33. The number of nitrogens with one attached hydrogen (secondary N) is 3. The maximum atomic E-state index is 13.9. The van der Waals surface area contributed by atoms with Crippen LogP contribution in [0.4, 0.5) is 4.79 Å². The number of phosphoric acid groups is 1. The first-order valence-corrected chi connectivity index (χ1v) is 16.8. The van der Waals surface area contributed by atoms with Gasteiger partial charge in [-0.15, -0.1) is 0 Å². The Kier molecular flexibility index (Phi) is 12.0. The number of hydrogen-bond acceptors (Lipinski definition) is 7. The summed E-state index contributed by atoms with van der Waals surface area (Å²) < 4.78 is 21.1. The predicted molar refractivity (Wildman–Crippen MR) is 164 cm³/mol. The standard InChI is InChI=1S/C31H41N4O9P/c1-2-18-32-29(37)27-17-14-23-10-6-7-11-25(30(38)35(23)27)33-28(36)26(34-31(39)43-20-22-8-4-3-5-9-22)19-21-12-15-24(16-13-21)44-45(40,41)42/h3-5,8-9,12-13,15-16,23,25-27H,2,6-7,10-11,14,17-20H2,1H3,(H,32,37)(H,33,36)(H,34,39)(H2,40,41,42)/t23-,25?,26-,27?/m0/s1. The molecule has 4 atom stereocenters. The van der Waals surface area contributed by atoms with Crippen LogP contribution < -0.4 is 20.5 Å². The molecule has 2 unspecified atom stereocenters. The fraction of sp³-hybridized carbons (Fsp3) is 0.484. The van der Waals surface area contributed by atoms with Crippen molar-refractivity contribution in [3.8, 4) is 5.75 Å². The first-order valence-electron chi connectivity index (χ1n) is 15.3. The molecule has 14 heteroatoms. The van der Waals surface area contributed by atoms with Gasteiger partial charge in [0.2, 0.25) is 17.7 Å². The van der Waals surface area contributed by atoms with Crippen molar-refractivity contribution in [1.29, 1.82) is 0 Å². The average Bonchev–Trinajstić information content (AvgIpc) is 3.43. The van der Waals surface area contributed by atoms with Crippen LogP contribution in [0.2, 0.25) is 0 Å². The van der Waals surface area contributed by atoms with E-state index < -0.39 is 37.9 Å². The number of rotatable bonds is 12. The highest BCUT2D eigenvalue weighted by atomic mass is 31.2. The van der Waals surface area contributed by atoms with Crippen molar-refractivity contribution in [2.24, 2.45) is 0 Å². The Morgan fingerprint density at radius 3 is 2.38 bits per heavy atom. The Hall–Kier alpha value is -3.93. The van der Waals surface area contributed by atoms with Crippen LogP contribution in [-0.2, 0) is 36.7 Å². The zero-order chi connectivity index (χ0) is 32.4. The van der Waals surface area contributed by atoms with E-state index in [9.17, 15) is 23.7 Å². The molecule has 0 bridgehead atoms. The van der Waals surface area contributed by atoms with E-state index in [1.807, 2.05) is 25.1 Å². The maximum Gasteiger partial charge on any atom is 0.524 e. The highest BCUT2D eigenvalue weighted by molar-refractivity contribution is 7.46. The van der Waals surface area contributed by atoms with E-state index in [0.717, 1.165) is 31.2 Å². The molecule has 2 saturated heterocycles. The van der Waals surface area contributed by atoms with Gasteiger partial charge < -0.3 is 30.1 Å². The number of carbonyl (C=O) groups is 4. The predicted octanol–water partition coefficient (Wildman–Crippen LogP) is 2.94. The molecule has 45 heavy (non-hydrogen) atoms. The number of hydrogen-bond donors (Lipinski definition) is 5. The van der Waals surface area contributed by atoms with E-state index in [2.05, 4.69) is 20.5 Å². The van der Waals surface area contributed by atoms with E-state index in [0.29, 0.717) is 31.4 Å². The zero-order valence-corrected chi connectivity index (χ0v) is 26.1. The molecule has 0 radical (unpaired) electrons. The van der Waals surface area contributed by atoms with Gasteiger partial charge in [-0.05, 0) is 55.4 Å². The Balaban J connectivity index is 1.49. The summed E-state index contributed by atoms with van der Waals surface area (Å²) in [6.45, 7) is 2.45. The number of carbonyl (C=O) groups excluding carboxylic acids is 4.